The maximum Gasteiger partial charge on any atom is 0.330 e. The Morgan fingerprint density at radius 3 is 1.57 bits per heavy atom. The van der Waals surface area contributed by atoms with Crippen LogP contribution in [0.15, 0.2) is 25.3 Å². The van der Waals surface area contributed by atoms with Gasteiger partial charge in [-0.05, 0) is 6.42 Å². The molecule has 0 saturated carbocycles. The third-order valence-corrected chi connectivity index (χ3v) is 3.64. The third kappa shape index (κ3) is 12.7. The average molecular weight is 398 g/mol. The summed E-state index contributed by atoms with van der Waals surface area (Å²) in [5.41, 5.74) is 0. The monoisotopic (exact) mass is 398 g/mol. The van der Waals surface area contributed by atoms with E-state index in [1.165, 1.54) is 0 Å². The van der Waals surface area contributed by atoms with Gasteiger partial charge in [0.2, 0.25) is 0 Å². The van der Waals surface area contributed by atoms with Crippen LogP contribution in [-0.2, 0) is 38.1 Å². The van der Waals surface area contributed by atoms with E-state index in [0.29, 0.717) is 12.8 Å². The zero-order valence-electron chi connectivity index (χ0n) is 16.5. The average Bonchev–Trinajstić information content (AvgIpc) is 2.70. The molecule has 8 nitrogen and oxygen atoms in total. The van der Waals surface area contributed by atoms with E-state index < -0.39 is 29.8 Å². The Bertz CT molecular complexity index is 486. The first-order chi connectivity index (χ1) is 13.5. The van der Waals surface area contributed by atoms with Gasteiger partial charge in [-0.25, -0.2) is 9.59 Å². The van der Waals surface area contributed by atoms with E-state index in [1.807, 2.05) is 0 Å². The lowest BCUT2D eigenvalue weighted by Crippen LogP contribution is -2.30. The molecular formula is C20H30O8. The van der Waals surface area contributed by atoms with E-state index in [1.54, 1.807) is 0 Å². The van der Waals surface area contributed by atoms with Crippen molar-refractivity contribution in [2.45, 2.75) is 45.4 Å². The highest BCUT2D eigenvalue weighted by Crippen LogP contribution is 2.15. The maximum absolute atomic E-state index is 12.2. The lowest BCUT2D eigenvalue weighted by atomic mass is 10.0. The van der Waals surface area contributed by atoms with Gasteiger partial charge in [-0.1, -0.05) is 52.2 Å². The number of ether oxygens (including phenoxy) is 4. The summed E-state index contributed by atoms with van der Waals surface area (Å²) in [7, 11) is 0. The fourth-order valence-corrected chi connectivity index (χ4v) is 2.17. The van der Waals surface area contributed by atoms with Gasteiger partial charge in [-0.3, -0.25) is 9.59 Å². The zero-order valence-corrected chi connectivity index (χ0v) is 16.5. The first kappa shape index (κ1) is 25.4. The van der Waals surface area contributed by atoms with Gasteiger partial charge in [-0.2, -0.15) is 0 Å². The van der Waals surface area contributed by atoms with E-state index in [9.17, 15) is 19.2 Å². The number of esters is 4. The number of hydrogen-bond acceptors (Lipinski definition) is 8. The lowest BCUT2D eigenvalue weighted by molar-refractivity contribution is -0.166. The molecule has 0 fully saturated rings. The number of carbonyl (C=O) groups excluding carboxylic acids is 4. The third-order valence-electron chi connectivity index (χ3n) is 3.64. The standard InChI is InChI=1S/C20H30O8/c1-4-7-8-9-10-11-16(19(23)27-14-12-25-17(21)5-2)20(24)28-15-13-26-18(22)6-3/h5-6,16H,2-4,7-15H2,1H3. The van der Waals surface area contributed by atoms with Crippen molar-refractivity contribution in [3.63, 3.8) is 0 Å². The smallest absolute Gasteiger partial charge is 0.330 e. The van der Waals surface area contributed by atoms with Crippen LogP contribution in [0.2, 0.25) is 0 Å². The lowest BCUT2D eigenvalue weighted by Gasteiger charge is -2.15. The largest absolute Gasteiger partial charge is 0.461 e. The van der Waals surface area contributed by atoms with E-state index in [-0.39, 0.29) is 26.4 Å². The minimum Gasteiger partial charge on any atom is -0.461 e. The van der Waals surface area contributed by atoms with Crippen molar-refractivity contribution in [3.05, 3.63) is 25.3 Å². The number of carbonyl (C=O) groups is 4. The minimum absolute atomic E-state index is 0.133. The second-order valence-corrected chi connectivity index (χ2v) is 5.83. The molecule has 0 aliphatic carbocycles. The van der Waals surface area contributed by atoms with E-state index in [4.69, 9.17) is 18.9 Å². The van der Waals surface area contributed by atoms with E-state index >= 15 is 0 Å². The summed E-state index contributed by atoms with van der Waals surface area (Å²) in [6, 6.07) is 0. The second kappa shape index (κ2) is 16.5. The molecule has 0 unspecified atom stereocenters. The van der Waals surface area contributed by atoms with Crippen LogP contribution in [0.25, 0.3) is 0 Å². The fourth-order valence-electron chi connectivity index (χ4n) is 2.17. The molecule has 0 amide bonds. The van der Waals surface area contributed by atoms with Crippen LogP contribution in [0.5, 0.6) is 0 Å². The van der Waals surface area contributed by atoms with Gasteiger partial charge >= 0.3 is 23.9 Å². The van der Waals surface area contributed by atoms with Crippen molar-refractivity contribution in [1.82, 2.24) is 0 Å². The van der Waals surface area contributed by atoms with Crippen LogP contribution in [0.4, 0.5) is 0 Å². The van der Waals surface area contributed by atoms with Crippen LogP contribution in [0.1, 0.15) is 45.4 Å². The molecule has 0 aromatic carbocycles. The highest BCUT2D eigenvalue weighted by molar-refractivity contribution is 5.94. The first-order valence-corrected chi connectivity index (χ1v) is 9.37. The van der Waals surface area contributed by atoms with E-state index in [0.717, 1.165) is 37.8 Å². The minimum atomic E-state index is -1.08. The molecular weight excluding hydrogens is 368 g/mol. The molecule has 0 saturated heterocycles. The molecule has 0 aromatic heterocycles. The summed E-state index contributed by atoms with van der Waals surface area (Å²) in [6.45, 7) is 7.99. The van der Waals surface area contributed by atoms with Gasteiger partial charge in [0.15, 0.2) is 5.92 Å². The first-order valence-electron chi connectivity index (χ1n) is 9.37. The molecule has 28 heavy (non-hydrogen) atoms. The SMILES string of the molecule is C=CC(=O)OCCOC(=O)C(CCCCCCC)C(=O)OCCOC(=O)C=C. The summed E-state index contributed by atoms with van der Waals surface area (Å²) in [6.07, 6.45) is 7.03. The summed E-state index contributed by atoms with van der Waals surface area (Å²) in [4.78, 5) is 46.3. The summed E-state index contributed by atoms with van der Waals surface area (Å²) in [5, 5.41) is 0. The molecule has 0 aliphatic rings. The molecule has 0 rings (SSSR count). The molecule has 0 atom stereocenters. The van der Waals surface area contributed by atoms with Crippen LogP contribution in [0.3, 0.4) is 0 Å². The van der Waals surface area contributed by atoms with E-state index in [2.05, 4.69) is 20.1 Å². The Balaban J connectivity index is 4.47. The summed E-state index contributed by atoms with van der Waals surface area (Å²) >= 11 is 0. The number of unbranched alkanes of at least 4 members (excludes halogenated alkanes) is 4. The van der Waals surface area contributed by atoms with Crippen LogP contribution in [0, 0.1) is 5.92 Å². The molecule has 158 valence electrons. The Hall–Kier alpha value is -2.64. The Morgan fingerprint density at radius 1 is 0.714 bits per heavy atom. The summed E-state index contributed by atoms with van der Waals surface area (Å²) < 4.78 is 19.4. The van der Waals surface area contributed by atoms with Crippen molar-refractivity contribution in [3.8, 4) is 0 Å². The topological polar surface area (TPSA) is 105 Å². The molecule has 0 aromatic rings. The van der Waals surface area contributed by atoms with Gasteiger partial charge in [0.25, 0.3) is 0 Å². The predicted molar refractivity (Wildman–Crippen MR) is 101 cm³/mol. The van der Waals surface area contributed by atoms with Gasteiger partial charge in [0, 0.05) is 12.2 Å². The molecule has 0 spiro atoms. The fraction of sp³-hybridized carbons (Fsp3) is 0.600. The predicted octanol–water partition coefficient (Wildman–Crippen LogP) is 2.51. The Labute approximate surface area is 165 Å². The van der Waals surface area contributed by atoms with Crippen LogP contribution >= 0.6 is 0 Å². The van der Waals surface area contributed by atoms with Crippen molar-refractivity contribution in [2.24, 2.45) is 5.92 Å². The van der Waals surface area contributed by atoms with Gasteiger partial charge in [0.05, 0.1) is 0 Å². The highest BCUT2D eigenvalue weighted by Gasteiger charge is 2.29. The van der Waals surface area contributed by atoms with Crippen LogP contribution < -0.4 is 0 Å². The van der Waals surface area contributed by atoms with Crippen molar-refractivity contribution in [1.29, 1.82) is 0 Å². The molecule has 0 N–H and O–H groups in total. The van der Waals surface area contributed by atoms with Crippen molar-refractivity contribution < 1.29 is 38.1 Å². The molecule has 8 heteroatoms. The van der Waals surface area contributed by atoms with Crippen molar-refractivity contribution >= 4 is 23.9 Å². The molecule has 0 heterocycles. The maximum atomic E-state index is 12.2. The normalized spacial score (nSPS) is 10.1. The number of hydrogen-bond donors (Lipinski definition) is 0. The van der Waals surface area contributed by atoms with Gasteiger partial charge < -0.3 is 18.9 Å². The van der Waals surface area contributed by atoms with Gasteiger partial charge in [-0.15, -0.1) is 0 Å². The Kier molecular flexibility index (Phi) is 15.0. The summed E-state index contributed by atoms with van der Waals surface area (Å²) in [5.74, 6) is -3.81. The van der Waals surface area contributed by atoms with Crippen molar-refractivity contribution in [2.75, 3.05) is 26.4 Å². The zero-order chi connectivity index (χ0) is 21.2. The Morgan fingerprint density at radius 2 is 1.14 bits per heavy atom. The molecule has 0 bridgehead atoms. The van der Waals surface area contributed by atoms with Crippen LogP contribution in [-0.4, -0.2) is 50.3 Å². The van der Waals surface area contributed by atoms with Gasteiger partial charge in [0.1, 0.15) is 26.4 Å². The molecule has 0 radical (unpaired) electrons. The highest BCUT2D eigenvalue weighted by atomic mass is 16.6. The molecule has 0 aliphatic heterocycles. The quantitative estimate of drug-likeness (QED) is 0.128. The second-order valence-electron chi connectivity index (χ2n) is 5.83. The number of rotatable bonds is 16.